The van der Waals surface area contributed by atoms with E-state index in [4.69, 9.17) is 5.73 Å². The van der Waals surface area contributed by atoms with Crippen molar-refractivity contribution in [2.75, 3.05) is 0 Å². The number of rotatable bonds is 1. The first-order valence-corrected chi connectivity index (χ1v) is 5.01. The van der Waals surface area contributed by atoms with Crippen molar-refractivity contribution in [3.05, 3.63) is 17.0 Å². The number of hydrogen-bond acceptors (Lipinski definition) is 2. The fourth-order valence-electron chi connectivity index (χ4n) is 1.67. The van der Waals surface area contributed by atoms with Crippen LogP contribution in [-0.4, -0.2) is 9.78 Å². The van der Waals surface area contributed by atoms with Gasteiger partial charge < -0.3 is 5.73 Å². The zero-order valence-electron chi connectivity index (χ0n) is 10.0. The summed E-state index contributed by atoms with van der Waals surface area (Å²) in [4.78, 5) is 0. The van der Waals surface area contributed by atoms with Gasteiger partial charge in [0.2, 0.25) is 0 Å². The van der Waals surface area contributed by atoms with Crippen LogP contribution < -0.4 is 5.73 Å². The molecule has 0 saturated heterocycles. The molecule has 1 rings (SSSR count). The van der Waals surface area contributed by atoms with Crippen molar-refractivity contribution in [2.24, 2.45) is 18.2 Å². The molecule has 1 unspecified atom stereocenters. The maximum absolute atomic E-state index is 6.23. The lowest BCUT2D eigenvalue weighted by Gasteiger charge is -2.27. The van der Waals surface area contributed by atoms with Gasteiger partial charge in [0.05, 0.1) is 5.69 Å². The zero-order valence-corrected chi connectivity index (χ0v) is 10.0. The lowest BCUT2D eigenvalue weighted by atomic mass is 9.82. The van der Waals surface area contributed by atoms with Gasteiger partial charge in [0.1, 0.15) is 0 Å². The Morgan fingerprint density at radius 2 is 1.79 bits per heavy atom. The highest BCUT2D eigenvalue weighted by Gasteiger charge is 2.27. The molecule has 0 fully saturated rings. The van der Waals surface area contributed by atoms with E-state index < -0.39 is 0 Å². The van der Waals surface area contributed by atoms with Crippen molar-refractivity contribution in [2.45, 2.75) is 40.7 Å². The average Bonchev–Trinajstić information content (AvgIpc) is 2.24. The standard InChI is InChI=1S/C11H21N3/c1-7-9(8(2)14(6)13-7)10(12)11(3,4)5/h10H,12H2,1-6H3. The fourth-order valence-corrected chi connectivity index (χ4v) is 1.67. The van der Waals surface area contributed by atoms with E-state index in [-0.39, 0.29) is 11.5 Å². The van der Waals surface area contributed by atoms with E-state index in [1.165, 1.54) is 11.3 Å². The molecule has 1 atom stereocenters. The predicted octanol–water partition coefficient (Wildman–Crippen LogP) is 2.08. The minimum atomic E-state index is 0.0520. The third-order valence-electron chi connectivity index (χ3n) is 2.81. The van der Waals surface area contributed by atoms with Crippen LogP contribution in [0.3, 0.4) is 0 Å². The highest BCUT2D eigenvalue weighted by Crippen LogP contribution is 2.33. The van der Waals surface area contributed by atoms with Crippen molar-refractivity contribution >= 4 is 0 Å². The van der Waals surface area contributed by atoms with Crippen LogP contribution in [0.2, 0.25) is 0 Å². The Hall–Kier alpha value is -0.830. The van der Waals surface area contributed by atoms with E-state index in [1.807, 2.05) is 18.7 Å². The van der Waals surface area contributed by atoms with E-state index in [2.05, 4.69) is 32.8 Å². The minimum Gasteiger partial charge on any atom is -0.323 e. The first kappa shape index (κ1) is 11.2. The Bertz CT molecular complexity index is 331. The van der Waals surface area contributed by atoms with E-state index in [9.17, 15) is 0 Å². The van der Waals surface area contributed by atoms with Gasteiger partial charge in [0.15, 0.2) is 0 Å². The highest BCUT2D eigenvalue weighted by molar-refractivity contribution is 5.29. The molecule has 0 bridgehead atoms. The number of hydrogen-bond donors (Lipinski definition) is 1. The Morgan fingerprint density at radius 1 is 1.29 bits per heavy atom. The molecule has 0 spiro atoms. The molecule has 3 nitrogen and oxygen atoms in total. The largest absolute Gasteiger partial charge is 0.323 e. The molecule has 2 N–H and O–H groups in total. The maximum atomic E-state index is 6.23. The lowest BCUT2D eigenvalue weighted by molar-refractivity contribution is 0.325. The average molecular weight is 195 g/mol. The summed E-state index contributed by atoms with van der Waals surface area (Å²) in [7, 11) is 1.96. The predicted molar refractivity (Wildman–Crippen MR) is 59.1 cm³/mol. The van der Waals surface area contributed by atoms with Crippen LogP contribution in [0.25, 0.3) is 0 Å². The summed E-state index contributed by atoms with van der Waals surface area (Å²) in [6, 6.07) is 0.0520. The molecular weight excluding hydrogens is 174 g/mol. The molecule has 3 heteroatoms. The van der Waals surface area contributed by atoms with E-state index in [0.29, 0.717) is 0 Å². The molecule has 0 aromatic carbocycles. The third-order valence-corrected chi connectivity index (χ3v) is 2.81. The number of nitrogens with two attached hydrogens (primary N) is 1. The SMILES string of the molecule is Cc1nn(C)c(C)c1C(N)C(C)(C)C. The van der Waals surface area contributed by atoms with Gasteiger partial charge >= 0.3 is 0 Å². The molecule has 1 aromatic rings. The van der Waals surface area contributed by atoms with Crippen LogP contribution in [0.15, 0.2) is 0 Å². The lowest BCUT2D eigenvalue weighted by Crippen LogP contribution is -2.27. The maximum Gasteiger partial charge on any atom is 0.0644 e. The molecule has 0 radical (unpaired) electrons. The van der Waals surface area contributed by atoms with Crippen molar-refractivity contribution in [3.8, 4) is 0 Å². The Morgan fingerprint density at radius 3 is 2.07 bits per heavy atom. The highest BCUT2D eigenvalue weighted by atomic mass is 15.3. The van der Waals surface area contributed by atoms with Gasteiger partial charge in [0, 0.05) is 24.3 Å². The van der Waals surface area contributed by atoms with Crippen LogP contribution in [0.1, 0.15) is 43.8 Å². The first-order chi connectivity index (χ1) is 6.25. The molecule has 0 amide bonds. The number of aryl methyl sites for hydroxylation is 2. The third kappa shape index (κ3) is 1.82. The monoisotopic (exact) mass is 195 g/mol. The molecule has 1 aromatic heterocycles. The van der Waals surface area contributed by atoms with E-state index >= 15 is 0 Å². The smallest absolute Gasteiger partial charge is 0.0644 e. The fraction of sp³-hybridized carbons (Fsp3) is 0.727. The topological polar surface area (TPSA) is 43.8 Å². The molecule has 0 aliphatic heterocycles. The Labute approximate surface area is 86.3 Å². The Kier molecular flexibility index (Phi) is 2.72. The first-order valence-electron chi connectivity index (χ1n) is 5.01. The molecule has 0 aliphatic carbocycles. The van der Waals surface area contributed by atoms with Gasteiger partial charge in [-0.3, -0.25) is 4.68 Å². The quantitative estimate of drug-likeness (QED) is 0.745. The second kappa shape index (κ2) is 3.39. The summed E-state index contributed by atoms with van der Waals surface area (Å²) >= 11 is 0. The van der Waals surface area contributed by atoms with Crippen molar-refractivity contribution in [1.82, 2.24) is 9.78 Å². The van der Waals surface area contributed by atoms with Crippen molar-refractivity contribution < 1.29 is 0 Å². The Balaban J connectivity index is 3.19. The summed E-state index contributed by atoms with van der Waals surface area (Å²) in [6.07, 6.45) is 0. The van der Waals surface area contributed by atoms with E-state index in [0.717, 1.165) is 5.69 Å². The molecule has 1 heterocycles. The van der Waals surface area contributed by atoms with Crippen LogP contribution in [0.5, 0.6) is 0 Å². The molecule has 14 heavy (non-hydrogen) atoms. The number of nitrogens with zero attached hydrogens (tertiary/aromatic N) is 2. The van der Waals surface area contributed by atoms with E-state index in [1.54, 1.807) is 0 Å². The summed E-state index contributed by atoms with van der Waals surface area (Å²) in [5, 5.41) is 4.38. The van der Waals surface area contributed by atoms with Gasteiger partial charge in [-0.05, 0) is 19.3 Å². The van der Waals surface area contributed by atoms with Crippen LogP contribution in [-0.2, 0) is 7.05 Å². The molecule has 0 saturated carbocycles. The zero-order chi connectivity index (χ0) is 11.1. The molecule has 80 valence electrons. The van der Waals surface area contributed by atoms with Crippen molar-refractivity contribution in [1.29, 1.82) is 0 Å². The normalized spacial score (nSPS) is 14.5. The second-order valence-electron chi connectivity index (χ2n) is 5.05. The molecular formula is C11H21N3. The van der Waals surface area contributed by atoms with Crippen LogP contribution in [0.4, 0.5) is 0 Å². The van der Waals surface area contributed by atoms with Gasteiger partial charge in [-0.25, -0.2) is 0 Å². The number of aromatic nitrogens is 2. The van der Waals surface area contributed by atoms with Gasteiger partial charge in [0.25, 0.3) is 0 Å². The van der Waals surface area contributed by atoms with Crippen LogP contribution >= 0.6 is 0 Å². The van der Waals surface area contributed by atoms with Gasteiger partial charge in [-0.2, -0.15) is 5.10 Å². The van der Waals surface area contributed by atoms with Gasteiger partial charge in [-0.15, -0.1) is 0 Å². The summed E-state index contributed by atoms with van der Waals surface area (Å²) < 4.78 is 1.90. The summed E-state index contributed by atoms with van der Waals surface area (Å²) in [5.74, 6) is 0. The summed E-state index contributed by atoms with van der Waals surface area (Å²) in [5.41, 5.74) is 9.73. The molecule has 0 aliphatic rings. The summed E-state index contributed by atoms with van der Waals surface area (Å²) in [6.45, 7) is 10.6. The van der Waals surface area contributed by atoms with Gasteiger partial charge in [-0.1, -0.05) is 20.8 Å². The second-order valence-corrected chi connectivity index (χ2v) is 5.05. The minimum absolute atomic E-state index is 0.0520. The van der Waals surface area contributed by atoms with Crippen LogP contribution in [0, 0.1) is 19.3 Å². The van der Waals surface area contributed by atoms with Crippen molar-refractivity contribution in [3.63, 3.8) is 0 Å².